The molecule has 0 aromatic heterocycles. The van der Waals surface area contributed by atoms with Crippen LogP contribution in [0.4, 0.5) is 0 Å². The second kappa shape index (κ2) is 7.75. The minimum absolute atomic E-state index is 0.161. The van der Waals surface area contributed by atoms with E-state index >= 15 is 0 Å². The standard InChI is InChI=1S/C19H22N2O3/c1-3-14-9-11-15(12-10-14)18(23)21-20-17(22)13-19(2,24)16-7-5-4-6-8-16/h4-12,24H,3,13H2,1-2H3,(H,20,22)(H,21,23). The lowest BCUT2D eigenvalue weighted by Gasteiger charge is -2.23. The van der Waals surface area contributed by atoms with Crippen LogP contribution >= 0.6 is 0 Å². The van der Waals surface area contributed by atoms with Gasteiger partial charge in [-0.25, -0.2) is 0 Å². The van der Waals surface area contributed by atoms with E-state index in [1.807, 2.05) is 25.1 Å². The van der Waals surface area contributed by atoms with Gasteiger partial charge in [0, 0.05) is 5.56 Å². The molecule has 1 atom stereocenters. The average molecular weight is 326 g/mol. The van der Waals surface area contributed by atoms with E-state index in [2.05, 4.69) is 10.9 Å². The molecular formula is C19H22N2O3. The maximum Gasteiger partial charge on any atom is 0.269 e. The van der Waals surface area contributed by atoms with Crippen LogP contribution in [0.25, 0.3) is 0 Å². The molecule has 2 aromatic carbocycles. The molecule has 0 aliphatic heterocycles. The zero-order valence-corrected chi connectivity index (χ0v) is 13.9. The van der Waals surface area contributed by atoms with Crippen LogP contribution in [0.15, 0.2) is 54.6 Å². The predicted octanol–water partition coefficient (Wildman–Crippen LogP) is 2.31. The van der Waals surface area contributed by atoms with E-state index in [-0.39, 0.29) is 6.42 Å². The van der Waals surface area contributed by atoms with Crippen LogP contribution in [0, 0.1) is 0 Å². The van der Waals surface area contributed by atoms with Gasteiger partial charge >= 0.3 is 0 Å². The van der Waals surface area contributed by atoms with Gasteiger partial charge < -0.3 is 5.11 Å². The molecule has 0 fully saturated rings. The van der Waals surface area contributed by atoms with Crippen molar-refractivity contribution < 1.29 is 14.7 Å². The molecule has 0 saturated heterocycles. The summed E-state index contributed by atoms with van der Waals surface area (Å²) in [5.41, 5.74) is 5.63. The molecule has 126 valence electrons. The van der Waals surface area contributed by atoms with E-state index in [0.717, 1.165) is 12.0 Å². The Labute approximate surface area is 141 Å². The summed E-state index contributed by atoms with van der Waals surface area (Å²) < 4.78 is 0. The number of aliphatic hydroxyl groups is 1. The Hall–Kier alpha value is -2.66. The lowest BCUT2D eigenvalue weighted by molar-refractivity contribution is -0.126. The zero-order chi connectivity index (χ0) is 17.6. The van der Waals surface area contributed by atoms with Crippen molar-refractivity contribution in [3.63, 3.8) is 0 Å². The molecule has 1 unspecified atom stereocenters. The lowest BCUT2D eigenvalue weighted by atomic mass is 9.92. The van der Waals surface area contributed by atoms with Gasteiger partial charge in [0.25, 0.3) is 5.91 Å². The number of amides is 2. The van der Waals surface area contributed by atoms with Crippen LogP contribution in [-0.4, -0.2) is 16.9 Å². The molecule has 0 bridgehead atoms. The number of rotatable bonds is 5. The molecule has 0 aliphatic rings. The highest BCUT2D eigenvalue weighted by Gasteiger charge is 2.26. The lowest BCUT2D eigenvalue weighted by Crippen LogP contribution is -2.44. The highest BCUT2D eigenvalue weighted by molar-refractivity contribution is 5.95. The summed E-state index contributed by atoms with van der Waals surface area (Å²) in [7, 11) is 0. The van der Waals surface area contributed by atoms with Gasteiger partial charge in [0.2, 0.25) is 5.91 Å². The van der Waals surface area contributed by atoms with Gasteiger partial charge in [0.1, 0.15) is 0 Å². The summed E-state index contributed by atoms with van der Waals surface area (Å²) in [6.07, 6.45) is 0.735. The average Bonchev–Trinajstić information content (AvgIpc) is 2.60. The number of nitrogens with one attached hydrogen (secondary N) is 2. The second-order valence-electron chi connectivity index (χ2n) is 5.87. The fourth-order valence-corrected chi connectivity index (χ4v) is 2.35. The number of carbonyl (C=O) groups excluding carboxylic acids is 2. The minimum atomic E-state index is -1.31. The SMILES string of the molecule is CCc1ccc(C(=O)NNC(=O)CC(C)(O)c2ccccc2)cc1. The molecule has 0 heterocycles. The van der Waals surface area contributed by atoms with Crippen molar-refractivity contribution >= 4 is 11.8 Å². The first-order chi connectivity index (χ1) is 11.4. The first kappa shape index (κ1) is 17.7. The fourth-order valence-electron chi connectivity index (χ4n) is 2.35. The third kappa shape index (κ3) is 4.67. The number of carbonyl (C=O) groups is 2. The number of aryl methyl sites for hydroxylation is 1. The molecule has 0 aliphatic carbocycles. The summed E-state index contributed by atoms with van der Waals surface area (Å²) in [6, 6.07) is 16.1. The van der Waals surface area contributed by atoms with Crippen LogP contribution in [0.2, 0.25) is 0 Å². The number of benzene rings is 2. The molecule has 2 aromatic rings. The molecule has 2 amide bonds. The fraction of sp³-hybridized carbons (Fsp3) is 0.263. The summed E-state index contributed by atoms with van der Waals surface area (Å²) in [4.78, 5) is 24.0. The molecule has 24 heavy (non-hydrogen) atoms. The highest BCUT2D eigenvalue weighted by Crippen LogP contribution is 2.23. The Balaban J connectivity index is 1.89. The predicted molar refractivity (Wildman–Crippen MR) is 92.1 cm³/mol. The van der Waals surface area contributed by atoms with E-state index in [4.69, 9.17) is 0 Å². The summed E-state index contributed by atoms with van der Waals surface area (Å²) in [5.74, 6) is -0.868. The Kier molecular flexibility index (Phi) is 5.71. The minimum Gasteiger partial charge on any atom is -0.385 e. The monoisotopic (exact) mass is 326 g/mol. The molecule has 5 heteroatoms. The maximum atomic E-state index is 12.0. The maximum absolute atomic E-state index is 12.0. The quantitative estimate of drug-likeness (QED) is 0.738. The normalized spacial score (nSPS) is 13.0. The molecular weight excluding hydrogens is 304 g/mol. The number of hydrogen-bond acceptors (Lipinski definition) is 3. The van der Waals surface area contributed by atoms with Gasteiger partial charge in [0.05, 0.1) is 12.0 Å². The second-order valence-corrected chi connectivity index (χ2v) is 5.87. The van der Waals surface area contributed by atoms with Crippen LogP contribution in [0.5, 0.6) is 0 Å². The number of hydrogen-bond donors (Lipinski definition) is 3. The molecule has 3 N–H and O–H groups in total. The van der Waals surface area contributed by atoms with Crippen molar-refractivity contribution in [3.8, 4) is 0 Å². The Morgan fingerprint density at radius 3 is 2.21 bits per heavy atom. The van der Waals surface area contributed by atoms with Gasteiger partial charge in [0.15, 0.2) is 0 Å². The van der Waals surface area contributed by atoms with E-state index in [1.54, 1.807) is 43.3 Å². The number of hydrazine groups is 1. The van der Waals surface area contributed by atoms with Crippen LogP contribution in [0.3, 0.4) is 0 Å². The van der Waals surface area contributed by atoms with Crippen molar-refractivity contribution in [2.45, 2.75) is 32.3 Å². The Bertz CT molecular complexity index is 694. The molecule has 2 rings (SSSR count). The van der Waals surface area contributed by atoms with Crippen LogP contribution in [0.1, 0.15) is 41.8 Å². The van der Waals surface area contributed by atoms with Gasteiger partial charge in [-0.2, -0.15) is 0 Å². The van der Waals surface area contributed by atoms with Crippen molar-refractivity contribution in [3.05, 3.63) is 71.3 Å². The van der Waals surface area contributed by atoms with E-state index in [0.29, 0.717) is 11.1 Å². The highest BCUT2D eigenvalue weighted by atomic mass is 16.3. The molecule has 0 spiro atoms. The first-order valence-electron chi connectivity index (χ1n) is 7.88. The van der Waals surface area contributed by atoms with Gasteiger partial charge in [-0.05, 0) is 36.6 Å². The molecule has 5 nitrogen and oxygen atoms in total. The van der Waals surface area contributed by atoms with Gasteiger partial charge in [-0.1, -0.05) is 49.4 Å². The summed E-state index contributed by atoms with van der Waals surface area (Å²) in [5, 5.41) is 10.4. The van der Waals surface area contributed by atoms with E-state index in [1.165, 1.54) is 0 Å². The van der Waals surface area contributed by atoms with Crippen molar-refractivity contribution in [1.82, 2.24) is 10.9 Å². The van der Waals surface area contributed by atoms with Crippen molar-refractivity contribution in [2.75, 3.05) is 0 Å². The largest absolute Gasteiger partial charge is 0.385 e. The summed E-state index contributed by atoms with van der Waals surface area (Å²) >= 11 is 0. The van der Waals surface area contributed by atoms with Crippen molar-refractivity contribution in [1.29, 1.82) is 0 Å². The van der Waals surface area contributed by atoms with E-state index in [9.17, 15) is 14.7 Å². The van der Waals surface area contributed by atoms with Gasteiger partial charge in [-0.15, -0.1) is 0 Å². The zero-order valence-electron chi connectivity index (χ0n) is 13.9. The Morgan fingerprint density at radius 2 is 1.62 bits per heavy atom. The molecule has 0 radical (unpaired) electrons. The first-order valence-corrected chi connectivity index (χ1v) is 7.88. The summed E-state index contributed by atoms with van der Waals surface area (Å²) in [6.45, 7) is 3.60. The topological polar surface area (TPSA) is 78.4 Å². The third-order valence-electron chi connectivity index (χ3n) is 3.84. The van der Waals surface area contributed by atoms with E-state index < -0.39 is 17.4 Å². The van der Waals surface area contributed by atoms with Crippen LogP contribution < -0.4 is 10.9 Å². The Morgan fingerprint density at radius 1 is 1.00 bits per heavy atom. The van der Waals surface area contributed by atoms with Crippen LogP contribution in [-0.2, 0) is 16.8 Å². The smallest absolute Gasteiger partial charge is 0.269 e. The molecule has 0 saturated carbocycles. The van der Waals surface area contributed by atoms with Crippen molar-refractivity contribution in [2.24, 2.45) is 0 Å². The van der Waals surface area contributed by atoms with Gasteiger partial charge in [-0.3, -0.25) is 20.4 Å². The third-order valence-corrected chi connectivity index (χ3v) is 3.84.